The van der Waals surface area contributed by atoms with E-state index in [1.54, 1.807) is 36.4 Å². The maximum atomic E-state index is 12.7. The first-order chi connectivity index (χ1) is 13.5. The Morgan fingerprint density at radius 3 is 2.54 bits per heavy atom. The van der Waals surface area contributed by atoms with Gasteiger partial charge < -0.3 is 19.9 Å². The molecule has 1 atom stereocenters. The zero-order valence-corrected chi connectivity index (χ0v) is 15.5. The zero-order chi connectivity index (χ0) is 19.8. The van der Waals surface area contributed by atoms with Crippen LogP contribution in [0.4, 0.5) is 5.69 Å². The first-order valence-electron chi connectivity index (χ1n) is 8.91. The van der Waals surface area contributed by atoms with Crippen molar-refractivity contribution in [2.45, 2.75) is 13.0 Å². The van der Waals surface area contributed by atoms with Gasteiger partial charge in [-0.1, -0.05) is 6.07 Å². The molecule has 1 aliphatic heterocycles. The molecular weight excluding hydrogens is 358 g/mol. The first-order valence-corrected chi connectivity index (χ1v) is 8.91. The van der Waals surface area contributed by atoms with Crippen LogP contribution in [0.15, 0.2) is 48.5 Å². The number of nitrogens with one attached hydrogen (secondary N) is 2. The molecule has 4 rings (SSSR count). The summed E-state index contributed by atoms with van der Waals surface area (Å²) in [7, 11) is 1.32. The molecule has 7 nitrogen and oxygen atoms in total. The minimum absolute atomic E-state index is 0.106. The summed E-state index contributed by atoms with van der Waals surface area (Å²) in [6.07, 6.45) is 0. The number of fused-ring (bicyclic) bond motifs is 3. The summed E-state index contributed by atoms with van der Waals surface area (Å²) in [5, 5.41) is 6.60. The van der Waals surface area contributed by atoms with Crippen molar-refractivity contribution in [2.75, 3.05) is 19.0 Å². The van der Waals surface area contributed by atoms with Crippen molar-refractivity contribution >= 4 is 34.4 Å². The van der Waals surface area contributed by atoms with Gasteiger partial charge in [-0.25, -0.2) is 4.79 Å². The Kier molecular flexibility index (Phi) is 4.35. The second kappa shape index (κ2) is 6.84. The highest BCUT2D eigenvalue weighted by molar-refractivity contribution is 6.07. The first kappa shape index (κ1) is 17.8. The number of carbonyl (C=O) groups is 3. The van der Waals surface area contributed by atoms with Crippen LogP contribution in [-0.2, 0) is 4.74 Å². The normalized spacial score (nSPS) is 15.6. The lowest BCUT2D eigenvalue weighted by Gasteiger charge is -2.24. The number of nitrogens with zero attached hydrogens (tertiary/aromatic N) is 1. The van der Waals surface area contributed by atoms with E-state index in [1.807, 2.05) is 23.6 Å². The SMILES string of the molecule is COC(=O)c1ccc(NC(=O)c2ccc3cc4n(c3c2)C(C)CNC4=O)cc1. The number of esters is 1. The maximum Gasteiger partial charge on any atom is 0.337 e. The van der Waals surface area contributed by atoms with Crippen molar-refractivity contribution in [3.05, 3.63) is 65.4 Å². The van der Waals surface area contributed by atoms with Crippen LogP contribution in [0.1, 0.15) is 44.2 Å². The molecule has 28 heavy (non-hydrogen) atoms. The van der Waals surface area contributed by atoms with E-state index in [0.717, 1.165) is 10.9 Å². The number of amides is 2. The molecule has 2 heterocycles. The largest absolute Gasteiger partial charge is 0.465 e. The molecule has 3 aromatic rings. The summed E-state index contributed by atoms with van der Waals surface area (Å²) in [4.78, 5) is 36.3. The van der Waals surface area contributed by atoms with Gasteiger partial charge in [0, 0.05) is 34.7 Å². The molecule has 1 unspecified atom stereocenters. The fourth-order valence-corrected chi connectivity index (χ4v) is 3.45. The number of benzene rings is 2. The van der Waals surface area contributed by atoms with Gasteiger partial charge in [0.2, 0.25) is 0 Å². The minimum atomic E-state index is -0.431. The summed E-state index contributed by atoms with van der Waals surface area (Å²) in [6.45, 7) is 2.58. The number of anilines is 1. The highest BCUT2D eigenvalue weighted by Crippen LogP contribution is 2.27. The van der Waals surface area contributed by atoms with E-state index in [0.29, 0.717) is 29.1 Å². The summed E-state index contributed by atoms with van der Waals surface area (Å²) in [5.74, 6) is -0.804. The minimum Gasteiger partial charge on any atom is -0.465 e. The van der Waals surface area contributed by atoms with Crippen LogP contribution < -0.4 is 10.6 Å². The van der Waals surface area contributed by atoms with Crippen molar-refractivity contribution < 1.29 is 19.1 Å². The number of rotatable bonds is 3. The van der Waals surface area contributed by atoms with Crippen LogP contribution in [0.5, 0.6) is 0 Å². The smallest absolute Gasteiger partial charge is 0.337 e. The molecule has 0 aliphatic carbocycles. The average molecular weight is 377 g/mol. The number of hydrogen-bond donors (Lipinski definition) is 2. The standard InChI is InChI=1S/C21H19N3O4/c1-12-11-22-20(26)18-9-14-3-4-15(10-17(14)24(12)18)19(25)23-16-7-5-13(6-8-16)21(27)28-2/h3-10,12H,11H2,1-2H3,(H,22,26)(H,23,25). The molecule has 2 amide bonds. The Labute approximate surface area is 161 Å². The maximum absolute atomic E-state index is 12.7. The number of carbonyl (C=O) groups excluding carboxylic acids is 3. The molecule has 0 radical (unpaired) electrons. The van der Waals surface area contributed by atoms with Crippen molar-refractivity contribution in [1.82, 2.24) is 9.88 Å². The molecule has 0 bridgehead atoms. The monoisotopic (exact) mass is 377 g/mol. The molecular formula is C21H19N3O4. The van der Waals surface area contributed by atoms with Gasteiger partial charge in [-0.2, -0.15) is 0 Å². The quantitative estimate of drug-likeness (QED) is 0.687. The van der Waals surface area contributed by atoms with E-state index in [4.69, 9.17) is 0 Å². The number of methoxy groups -OCH3 is 1. The summed E-state index contributed by atoms with van der Waals surface area (Å²) < 4.78 is 6.63. The summed E-state index contributed by atoms with van der Waals surface area (Å²) in [6, 6.07) is 13.8. The Hall–Kier alpha value is -3.61. The molecule has 7 heteroatoms. The van der Waals surface area contributed by atoms with E-state index in [9.17, 15) is 14.4 Å². The predicted octanol–water partition coefficient (Wildman–Crippen LogP) is 2.98. The predicted molar refractivity (Wildman–Crippen MR) is 105 cm³/mol. The second-order valence-electron chi connectivity index (χ2n) is 6.76. The highest BCUT2D eigenvalue weighted by atomic mass is 16.5. The van der Waals surface area contributed by atoms with E-state index < -0.39 is 5.97 Å². The topological polar surface area (TPSA) is 89.4 Å². The number of hydrogen-bond acceptors (Lipinski definition) is 4. The highest BCUT2D eigenvalue weighted by Gasteiger charge is 2.24. The van der Waals surface area contributed by atoms with Crippen molar-refractivity contribution in [2.24, 2.45) is 0 Å². The van der Waals surface area contributed by atoms with Crippen LogP contribution in [0.2, 0.25) is 0 Å². The number of aromatic nitrogens is 1. The third-order valence-corrected chi connectivity index (χ3v) is 4.90. The van der Waals surface area contributed by atoms with Crippen LogP contribution in [0.25, 0.3) is 10.9 Å². The van der Waals surface area contributed by atoms with Gasteiger partial charge in [-0.05, 0) is 49.4 Å². The van der Waals surface area contributed by atoms with E-state index in [-0.39, 0.29) is 17.9 Å². The molecule has 2 aromatic carbocycles. The third-order valence-electron chi connectivity index (χ3n) is 4.90. The fraction of sp³-hybridized carbons (Fsp3) is 0.190. The van der Waals surface area contributed by atoms with Crippen molar-refractivity contribution in [3.63, 3.8) is 0 Å². The van der Waals surface area contributed by atoms with E-state index in [1.165, 1.54) is 7.11 Å². The molecule has 0 spiro atoms. The Bertz CT molecular complexity index is 1100. The van der Waals surface area contributed by atoms with Crippen molar-refractivity contribution in [1.29, 1.82) is 0 Å². The molecule has 142 valence electrons. The lowest BCUT2D eigenvalue weighted by atomic mass is 10.1. The van der Waals surface area contributed by atoms with Gasteiger partial charge in [-0.15, -0.1) is 0 Å². The molecule has 2 N–H and O–H groups in total. The van der Waals surface area contributed by atoms with E-state index in [2.05, 4.69) is 15.4 Å². The van der Waals surface area contributed by atoms with Gasteiger partial charge >= 0.3 is 5.97 Å². The van der Waals surface area contributed by atoms with Crippen molar-refractivity contribution in [3.8, 4) is 0 Å². The lowest BCUT2D eigenvalue weighted by molar-refractivity contribution is 0.0600. The van der Waals surface area contributed by atoms with Gasteiger partial charge in [-0.3, -0.25) is 9.59 Å². The van der Waals surface area contributed by atoms with Crippen LogP contribution in [0, 0.1) is 0 Å². The Morgan fingerprint density at radius 2 is 1.82 bits per heavy atom. The molecule has 1 aliphatic rings. The average Bonchev–Trinajstić information content (AvgIpc) is 3.11. The molecule has 0 saturated heterocycles. The lowest BCUT2D eigenvalue weighted by Crippen LogP contribution is -2.37. The van der Waals surface area contributed by atoms with Crippen LogP contribution in [0.3, 0.4) is 0 Å². The van der Waals surface area contributed by atoms with E-state index >= 15 is 0 Å². The molecule has 1 aromatic heterocycles. The number of ether oxygens (including phenoxy) is 1. The van der Waals surface area contributed by atoms with Gasteiger partial charge in [0.15, 0.2) is 0 Å². The van der Waals surface area contributed by atoms with Gasteiger partial charge in [0.1, 0.15) is 5.69 Å². The van der Waals surface area contributed by atoms with Crippen LogP contribution >= 0.6 is 0 Å². The zero-order valence-electron chi connectivity index (χ0n) is 15.5. The summed E-state index contributed by atoms with van der Waals surface area (Å²) in [5.41, 5.74) is 2.93. The van der Waals surface area contributed by atoms with Gasteiger partial charge in [0.05, 0.1) is 12.7 Å². The molecule has 0 saturated carbocycles. The molecule has 0 fully saturated rings. The fourth-order valence-electron chi connectivity index (χ4n) is 3.45. The Morgan fingerprint density at radius 1 is 1.11 bits per heavy atom. The Balaban J connectivity index is 1.62. The van der Waals surface area contributed by atoms with Crippen LogP contribution in [-0.4, -0.2) is 36.0 Å². The summed E-state index contributed by atoms with van der Waals surface area (Å²) >= 11 is 0. The van der Waals surface area contributed by atoms with Gasteiger partial charge in [0.25, 0.3) is 11.8 Å². The third kappa shape index (κ3) is 3.00. The second-order valence-corrected chi connectivity index (χ2v) is 6.76.